The largest absolute Gasteiger partial charge is 0.395 e. The first-order valence-corrected chi connectivity index (χ1v) is 10.2. The van der Waals surface area contributed by atoms with Crippen LogP contribution < -0.4 is 0 Å². The average Bonchev–Trinajstić information content (AvgIpc) is 2.81. The molecule has 0 amide bonds. The number of aliphatic hydroxyl groups excluding tert-OH is 4. The van der Waals surface area contributed by atoms with E-state index in [2.05, 4.69) is 24.3 Å². The molecule has 1 aliphatic carbocycles. The van der Waals surface area contributed by atoms with Gasteiger partial charge in [-0.25, -0.2) is 0 Å². The maximum absolute atomic E-state index is 10.6. The maximum atomic E-state index is 10.6. The van der Waals surface area contributed by atoms with Crippen molar-refractivity contribution in [3.63, 3.8) is 0 Å². The molecular weight excluding hydrogens is 376 g/mol. The van der Waals surface area contributed by atoms with E-state index in [-0.39, 0.29) is 26.4 Å². The Morgan fingerprint density at radius 3 is 2.00 bits per heavy atom. The van der Waals surface area contributed by atoms with Crippen LogP contribution in [0.4, 0.5) is 0 Å². The van der Waals surface area contributed by atoms with E-state index < -0.39 is 5.41 Å². The molecule has 30 heavy (non-hydrogen) atoms. The van der Waals surface area contributed by atoms with E-state index in [0.717, 1.165) is 54.6 Å². The molecule has 0 fully saturated rings. The Balaban J connectivity index is 1.88. The first-order valence-electron chi connectivity index (χ1n) is 10.2. The van der Waals surface area contributed by atoms with Gasteiger partial charge in [0.25, 0.3) is 0 Å². The van der Waals surface area contributed by atoms with Gasteiger partial charge in [0.2, 0.25) is 0 Å². The van der Waals surface area contributed by atoms with Gasteiger partial charge in [-0.3, -0.25) is 0 Å². The minimum Gasteiger partial charge on any atom is -0.395 e. The van der Waals surface area contributed by atoms with E-state index in [1.165, 1.54) is 0 Å². The highest BCUT2D eigenvalue weighted by Gasteiger charge is 2.39. The normalized spacial score (nSPS) is 19.6. The second kappa shape index (κ2) is 7.18. The van der Waals surface area contributed by atoms with Crippen LogP contribution in [0, 0.1) is 0 Å². The van der Waals surface area contributed by atoms with Crippen LogP contribution in [0.3, 0.4) is 0 Å². The van der Waals surface area contributed by atoms with E-state index in [9.17, 15) is 20.4 Å². The maximum Gasteiger partial charge on any atom is 0.0687 e. The van der Waals surface area contributed by atoms with Crippen LogP contribution in [0.1, 0.15) is 17.5 Å². The second-order valence-corrected chi connectivity index (χ2v) is 8.17. The fourth-order valence-corrected chi connectivity index (χ4v) is 5.18. The lowest BCUT2D eigenvalue weighted by Gasteiger charge is -2.38. The highest BCUT2D eigenvalue weighted by atomic mass is 16.3. The minimum atomic E-state index is -0.788. The van der Waals surface area contributed by atoms with Crippen LogP contribution in [0.15, 0.2) is 71.8 Å². The molecule has 1 atom stereocenters. The van der Waals surface area contributed by atoms with E-state index >= 15 is 0 Å². The molecular formula is C26H24O4. The van der Waals surface area contributed by atoms with Crippen molar-refractivity contribution in [3.05, 3.63) is 83.0 Å². The molecule has 5 rings (SSSR count). The molecule has 0 spiro atoms. The number of hydrogen-bond acceptors (Lipinski definition) is 4. The lowest BCUT2D eigenvalue weighted by Crippen LogP contribution is -2.37. The van der Waals surface area contributed by atoms with Crippen molar-refractivity contribution in [2.24, 2.45) is 0 Å². The van der Waals surface area contributed by atoms with E-state index in [1.54, 1.807) is 0 Å². The Morgan fingerprint density at radius 1 is 0.667 bits per heavy atom. The third-order valence-electron chi connectivity index (χ3n) is 6.75. The Morgan fingerprint density at radius 2 is 1.33 bits per heavy atom. The summed E-state index contributed by atoms with van der Waals surface area (Å²) < 4.78 is 0. The SMILES string of the molecule is OCC1=CC=C(CO)C(CO)(c2ccc3ccc4ccc(CO)c5ccc2c3c45)C1. The van der Waals surface area contributed by atoms with Crippen LogP contribution in [0.25, 0.3) is 32.3 Å². The highest BCUT2D eigenvalue weighted by molar-refractivity contribution is 6.24. The summed E-state index contributed by atoms with van der Waals surface area (Å²) in [4.78, 5) is 0. The van der Waals surface area contributed by atoms with Gasteiger partial charge in [0, 0.05) is 5.41 Å². The molecule has 0 heterocycles. The highest BCUT2D eigenvalue weighted by Crippen LogP contribution is 2.46. The van der Waals surface area contributed by atoms with Crippen molar-refractivity contribution in [1.29, 1.82) is 0 Å². The molecule has 0 saturated heterocycles. The Kier molecular flexibility index (Phi) is 4.60. The first kappa shape index (κ1) is 19.2. The molecule has 4 aromatic carbocycles. The third-order valence-corrected chi connectivity index (χ3v) is 6.75. The molecule has 4 heteroatoms. The molecule has 0 bridgehead atoms. The lowest BCUT2D eigenvalue weighted by molar-refractivity contribution is 0.192. The van der Waals surface area contributed by atoms with Crippen LogP contribution in [0.2, 0.25) is 0 Å². The van der Waals surface area contributed by atoms with E-state index in [0.29, 0.717) is 6.42 Å². The molecule has 0 radical (unpaired) electrons. The van der Waals surface area contributed by atoms with Gasteiger partial charge in [0.05, 0.1) is 26.4 Å². The zero-order chi connectivity index (χ0) is 20.9. The van der Waals surface area contributed by atoms with Crippen LogP contribution >= 0.6 is 0 Å². The molecule has 0 saturated carbocycles. The fraction of sp³-hybridized carbons (Fsp3) is 0.231. The number of hydrogen-bond donors (Lipinski definition) is 4. The summed E-state index contributed by atoms with van der Waals surface area (Å²) in [6.07, 6.45) is 4.12. The molecule has 1 aliphatic rings. The van der Waals surface area contributed by atoms with Crippen molar-refractivity contribution >= 4 is 32.3 Å². The van der Waals surface area contributed by atoms with Gasteiger partial charge in [-0.15, -0.1) is 0 Å². The van der Waals surface area contributed by atoms with Gasteiger partial charge in [-0.1, -0.05) is 60.7 Å². The molecule has 1 unspecified atom stereocenters. The van der Waals surface area contributed by atoms with Crippen molar-refractivity contribution in [2.75, 3.05) is 19.8 Å². The molecule has 152 valence electrons. The zero-order valence-electron chi connectivity index (χ0n) is 16.6. The molecule has 0 aromatic heterocycles. The minimum absolute atomic E-state index is 0.0242. The molecule has 4 N–H and O–H groups in total. The van der Waals surface area contributed by atoms with Crippen LogP contribution in [-0.2, 0) is 12.0 Å². The predicted molar refractivity (Wildman–Crippen MR) is 120 cm³/mol. The number of rotatable bonds is 5. The predicted octanol–water partition coefficient (Wildman–Crippen LogP) is 3.55. The van der Waals surface area contributed by atoms with Crippen molar-refractivity contribution in [3.8, 4) is 0 Å². The summed E-state index contributed by atoms with van der Waals surface area (Å²) in [5, 5.41) is 46.7. The van der Waals surface area contributed by atoms with Crippen LogP contribution in [-0.4, -0.2) is 40.2 Å². The average molecular weight is 400 g/mol. The van der Waals surface area contributed by atoms with Crippen LogP contribution in [0.5, 0.6) is 0 Å². The topological polar surface area (TPSA) is 80.9 Å². The lowest BCUT2D eigenvalue weighted by atomic mass is 9.66. The molecule has 4 aromatic rings. The van der Waals surface area contributed by atoms with Gasteiger partial charge < -0.3 is 20.4 Å². The number of allylic oxidation sites excluding steroid dienone is 2. The standard InChI is InChI=1S/C26H24O4/c27-12-16-1-7-20(14-29)26(11-16,15-30)23-10-6-18-3-2-17-4-5-19(13-28)21-8-9-22(23)25(18)24(17)21/h1-10,27-30H,11-15H2. The first-order chi connectivity index (χ1) is 14.7. The third kappa shape index (κ3) is 2.55. The zero-order valence-corrected chi connectivity index (χ0v) is 16.6. The quantitative estimate of drug-likeness (QED) is 0.386. The Bertz CT molecular complexity index is 1320. The fourth-order valence-electron chi connectivity index (χ4n) is 5.18. The summed E-state index contributed by atoms with van der Waals surface area (Å²) in [6.45, 7) is -0.429. The van der Waals surface area contributed by atoms with Crippen molar-refractivity contribution in [1.82, 2.24) is 0 Å². The number of benzene rings is 4. The van der Waals surface area contributed by atoms with Gasteiger partial charge >= 0.3 is 0 Å². The van der Waals surface area contributed by atoms with Crippen molar-refractivity contribution < 1.29 is 20.4 Å². The Hall–Kier alpha value is -2.76. The van der Waals surface area contributed by atoms with Gasteiger partial charge in [-0.05, 0) is 61.0 Å². The summed E-state index contributed by atoms with van der Waals surface area (Å²) in [6, 6.07) is 16.4. The number of aliphatic hydroxyl groups is 4. The summed E-state index contributed by atoms with van der Waals surface area (Å²) >= 11 is 0. The van der Waals surface area contributed by atoms with E-state index in [4.69, 9.17) is 0 Å². The smallest absolute Gasteiger partial charge is 0.0687 e. The van der Waals surface area contributed by atoms with E-state index in [1.807, 2.05) is 36.4 Å². The molecule has 4 nitrogen and oxygen atoms in total. The second-order valence-electron chi connectivity index (χ2n) is 8.17. The summed E-state index contributed by atoms with van der Waals surface area (Å²) in [5.41, 5.74) is 2.62. The Labute approximate surface area is 174 Å². The summed E-state index contributed by atoms with van der Waals surface area (Å²) in [7, 11) is 0. The van der Waals surface area contributed by atoms with Gasteiger partial charge in [-0.2, -0.15) is 0 Å². The van der Waals surface area contributed by atoms with Gasteiger partial charge in [0.15, 0.2) is 0 Å². The molecule has 0 aliphatic heterocycles. The van der Waals surface area contributed by atoms with Crippen molar-refractivity contribution in [2.45, 2.75) is 18.4 Å². The van der Waals surface area contributed by atoms with Gasteiger partial charge in [0.1, 0.15) is 0 Å². The summed E-state index contributed by atoms with van der Waals surface area (Å²) in [5.74, 6) is 0. The monoisotopic (exact) mass is 400 g/mol.